The zero-order valence-electron chi connectivity index (χ0n) is 13.9. The predicted molar refractivity (Wildman–Crippen MR) is 90.7 cm³/mol. The zero-order chi connectivity index (χ0) is 17.4. The average Bonchev–Trinajstić information content (AvgIpc) is 2.93. The maximum Gasteiger partial charge on any atom is 0.241 e. The van der Waals surface area contributed by atoms with E-state index in [0.29, 0.717) is 25.1 Å². The molecule has 0 aromatic heterocycles. The van der Waals surface area contributed by atoms with Crippen LogP contribution < -0.4 is 5.32 Å². The summed E-state index contributed by atoms with van der Waals surface area (Å²) < 4.78 is 27.6. The Hall–Kier alpha value is -2.27. The van der Waals surface area contributed by atoms with Crippen LogP contribution in [0, 0.1) is 11.6 Å². The first-order valence-electron chi connectivity index (χ1n) is 8.62. The van der Waals surface area contributed by atoms with Crippen LogP contribution in [0.5, 0.6) is 0 Å². The first kappa shape index (κ1) is 16.2. The van der Waals surface area contributed by atoms with Gasteiger partial charge in [-0.1, -0.05) is 24.3 Å². The van der Waals surface area contributed by atoms with E-state index in [4.69, 9.17) is 0 Å². The van der Waals surface area contributed by atoms with E-state index in [0.717, 1.165) is 36.1 Å². The summed E-state index contributed by atoms with van der Waals surface area (Å²) in [5, 5.41) is 3.03. The Balaban J connectivity index is 1.69. The van der Waals surface area contributed by atoms with Crippen LogP contribution in [0.4, 0.5) is 8.78 Å². The summed E-state index contributed by atoms with van der Waals surface area (Å²) in [7, 11) is 0. The summed E-state index contributed by atoms with van der Waals surface area (Å²) in [5.41, 5.74) is 1.88. The van der Waals surface area contributed by atoms with Crippen LogP contribution in [0.25, 0.3) is 0 Å². The monoisotopic (exact) mass is 342 g/mol. The van der Waals surface area contributed by atoms with E-state index in [1.54, 1.807) is 0 Å². The molecule has 2 aromatic carbocycles. The summed E-state index contributed by atoms with van der Waals surface area (Å²) in [6.45, 7) is 1.45. The van der Waals surface area contributed by atoms with E-state index in [1.165, 1.54) is 6.07 Å². The summed E-state index contributed by atoms with van der Waals surface area (Å²) in [6.07, 6.45) is 2.20. The van der Waals surface area contributed by atoms with Crippen molar-refractivity contribution in [3.05, 3.63) is 70.8 Å². The average molecular weight is 342 g/mol. The van der Waals surface area contributed by atoms with Crippen LogP contribution in [-0.2, 0) is 24.3 Å². The number of hydrogen-bond acceptors (Lipinski definition) is 2. The fourth-order valence-corrected chi connectivity index (χ4v) is 4.13. The first-order chi connectivity index (χ1) is 12.1. The molecule has 0 bridgehead atoms. The molecule has 1 saturated heterocycles. The molecule has 1 fully saturated rings. The van der Waals surface area contributed by atoms with Gasteiger partial charge in [0.25, 0.3) is 0 Å². The Labute approximate surface area is 145 Å². The van der Waals surface area contributed by atoms with Crippen molar-refractivity contribution in [2.45, 2.75) is 37.9 Å². The second-order valence-electron chi connectivity index (χ2n) is 6.92. The Kier molecular flexibility index (Phi) is 4.04. The Morgan fingerprint density at radius 2 is 1.92 bits per heavy atom. The number of amides is 1. The molecule has 1 spiro atoms. The number of fused-ring (bicyclic) bond motifs is 1. The number of benzene rings is 2. The third-order valence-electron chi connectivity index (χ3n) is 5.46. The van der Waals surface area contributed by atoms with Crippen molar-refractivity contribution < 1.29 is 13.6 Å². The van der Waals surface area contributed by atoms with E-state index >= 15 is 0 Å². The fourth-order valence-electron chi connectivity index (χ4n) is 4.13. The summed E-state index contributed by atoms with van der Waals surface area (Å²) in [5.74, 6) is -0.906. The van der Waals surface area contributed by atoms with Crippen LogP contribution >= 0.6 is 0 Å². The number of nitrogens with zero attached hydrogens (tertiary/aromatic N) is 1. The van der Waals surface area contributed by atoms with Crippen molar-refractivity contribution in [2.75, 3.05) is 6.54 Å². The molecule has 1 N–H and O–H groups in total. The lowest BCUT2D eigenvalue weighted by Crippen LogP contribution is -2.55. The Bertz CT molecular complexity index is 823. The molecule has 0 radical (unpaired) electrons. The van der Waals surface area contributed by atoms with Gasteiger partial charge in [-0.25, -0.2) is 8.78 Å². The Morgan fingerprint density at radius 1 is 1.12 bits per heavy atom. The van der Waals surface area contributed by atoms with Crippen LogP contribution in [0.2, 0.25) is 0 Å². The van der Waals surface area contributed by atoms with Gasteiger partial charge in [-0.3, -0.25) is 9.69 Å². The summed E-state index contributed by atoms with van der Waals surface area (Å²) in [6, 6.07) is 11.5. The van der Waals surface area contributed by atoms with Gasteiger partial charge >= 0.3 is 0 Å². The van der Waals surface area contributed by atoms with E-state index in [-0.39, 0.29) is 12.5 Å². The molecule has 4 rings (SSSR count). The second-order valence-corrected chi connectivity index (χ2v) is 6.92. The third kappa shape index (κ3) is 2.82. The molecule has 130 valence electrons. The van der Waals surface area contributed by atoms with Crippen molar-refractivity contribution in [1.82, 2.24) is 10.2 Å². The van der Waals surface area contributed by atoms with Gasteiger partial charge in [0.1, 0.15) is 17.2 Å². The maximum absolute atomic E-state index is 14.1. The molecule has 1 atom stereocenters. The smallest absolute Gasteiger partial charge is 0.241 e. The minimum absolute atomic E-state index is 0.0157. The second kappa shape index (κ2) is 6.23. The molecule has 5 heteroatoms. The molecule has 2 heterocycles. The van der Waals surface area contributed by atoms with Crippen LogP contribution in [0.3, 0.4) is 0 Å². The lowest BCUT2D eigenvalue weighted by atomic mass is 9.86. The van der Waals surface area contributed by atoms with Gasteiger partial charge in [0.15, 0.2) is 0 Å². The summed E-state index contributed by atoms with van der Waals surface area (Å²) in [4.78, 5) is 15.0. The minimum Gasteiger partial charge on any atom is -0.350 e. The molecule has 1 amide bonds. The first-order valence-corrected chi connectivity index (χ1v) is 8.62. The van der Waals surface area contributed by atoms with E-state index in [9.17, 15) is 13.6 Å². The zero-order valence-corrected chi connectivity index (χ0v) is 13.9. The normalized spacial score (nSPS) is 23.4. The molecular weight excluding hydrogens is 322 g/mol. The van der Waals surface area contributed by atoms with Crippen molar-refractivity contribution in [1.29, 1.82) is 0 Å². The highest BCUT2D eigenvalue weighted by molar-refractivity contribution is 5.87. The topological polar surface area (TPSA) is 32.3 Å². The quantitative estimate of drug-likeness (QED) is 0.909. The number of nitrogens with one attached hydrogen (secondary N) is 1. The largest absolute Gasteiger partial charge is 0.350 e. The van der Waals surface area contributed by atoms with Gasteiger partial charge in [-0.05, 0) is 48.7 Å². The van der Waals surface area contributed by atoms with E-state index in [1.807, 2.05) is 23.1 Å². The molecule has 2 aromatic rings. The fraction of sp³-hybridized carbons (Fsp3) is 0.350. The number of rotatable bonds is 2. The lowest BCUT2D eigenvalue weighted by Gasteiger charge is -2.36. The molecule has 1 unspecified atom stereocenters. The van der Waals surface area contributed by atoms with Gasteiger partial charge in [0.2, 0.25) is 5.91 Å². The van der Waals surface area contributed by atoms with Crippen LogP contribution in [0.15, 0.2) is 42.5 Å². The number of carbonyl (C=O) groups is 1. The van der Waals surface area contributed by atoms with Crippen molar-refractivity contribution in [2.24, 2.45) is 0 Å². The van der Waals surface area contributed by atoms with Gasteiger partial charge < -0.3 is 5.32 Å². The maximum atomic E-state index is 14.1. The molecular formula is C20H20F2N2O. The third-order valence-corrected chi connectivity index (χ3v) is 5.46. The van der Waals surface area contributed by atoms with Gasteiger partial charge in [0.05, 0.1) is 0 Å². The highest BCUT2D eigenvalue weighted by Crippen LogP contribution is 2.37. The number of likely N-dealkylation sites (tertiary alicyclic amines) is 1. The Morgan fingerprint density at radius 3 is 2.76 bits per heavy atom. The van der Waals surface area contributed by atoms with Crippen LogP contribution in [0.1, 0.15) is 29.5 Å². The molecule has 2 aliphatic heterocycles. The standard InChI is InChI=1S/C20H20F2N2O/c21-17-6-7-18(22)16(10-17)13-24-9-3-8-20(24)11-14-4-1-2-5-15(14)12-23-19(20)25/h1-2,4-7,10H,3,8-9,11-13H2,(H,23,25). The van der Waals surface area contributed by atoms with E-state index < -0.39 is 17.2 Å². The molecule has 25 heavy (non-hydrogen) atoms. The van der Waals surface area contributed by atoms with Crippen LogP contribution in [-0.4, -0.2) is 22.9 Å². The molecule has 0 saturated carbocycles. The highest BCUT2D eigenvalue weighted by Gasteiger charge is 2.48. The highest BCUT2D eigenvalue weighted by atomic mass is 19.1. The van der Waals surface area contributed by atoms with E-state index in [2.05, 4.69) is 11.4 Å². The van der Waals surface area contributed by atoms with Gasteiger partial charge in [0, 0.05) is 25.1 Å². The van der Waals surface area contributed by atoms with Crippen molar-refractivity contribution in [3.8, 4) is 0 Å². The lowest BCUT2D eigenvalue weighted by molar-refractivity contribution is -0.132. The van der Waals surface area contributed by atoms with Crippen molar-refractivity contribution >= 4 is 5.91 Å². The molecule has 2 aliphatic rings. The number of hydrogen-bond donors (Lipinski definition) is 1. The summed E-state index contributed by atoms with van der Waals surface area (Å²) >= 11 is 0. The predicted octanol–water partition coefficient (Wildman–Crippen LogP) is 3.17. The van der Waals surface area contributed by atoms with Gasteiger partial charge in [-0.2, -0.15) is 0 Å². The van der Waals surface area contributed by atoms with Crippen molar-refractivity contribution in [3.63, 3.8) is 0 Å². The molecule has 0 aliphatic carbocycles. The SMILES string of the molecule is O=C1NCc2ccccc2CC12CCCN2Cc1cc(F)ccc1F. The number of halogens is 2. The molecule has 3 nitrogen and oxygen atoms in total. The minimum atomic E-state index is -0.689. The van der Waals surface area contributed by atoms with Gasteiger partial charge in [-0.15, -0.1) is 0 Å². The number of carbonyl (C=O) groups excluding carboxylic acids is 1.